The number of nitrogens with zero attached hydrogens (tertiary/aromatic N) is 1. The Morgan fingerprint density at radius 2 is 1.63 bits per heavy atom. The number of aromatic nitrogens is 1. The third-order valence-corrected chi connectivity index (χ3v) is 1.55. The fraction of sp³-hybridized carbons (Fsp3) is 0.667. The van der Waals surface area contributed by atoms with Gasteiger partial charge in [-0.1, -0.05) is 41.5 Å². The van der Waals surface area contributed by atoms with Crippen LogP contribution in [0, 0.1) is 0 Å². The Hall–Kier alpha value is -1.29. The Balaban J connectivity index is -0.000000375. The number of hydrogen-bond acceptors (Lipinski definition) is 4. The van der Waals surface area contributed by atoms with E-state index in [1.54, 1.807) is 19.4 Å². The van der Waals surface area contributed by atoms with Crippen molar-refractivity contribution in [2.45, 2.75) is 41.5 Å². The summed E-state index contributed by atoms with van der Waals surface area (Å²) in [5.74, 6) is 1.36. The average Bonchev–Trinajstić information content (AvgIpc) is 2.54. The first-order valence-electron chi connectivity index (χ1n) is 7.14. The fourth-order valence-corrected chi connectivity index (χ4v) is 0.831. The molecule has 0 aliphatic carbocycles. The van der Waals surface area contributed by atoms with Crippen LogP contribution in [-0.2, 0) is 0 Å². The minimum atomic E-state index is 0.621. The zero-order valence-electron chi connectivity index (χ0n) is 13.9. The van der Waals surface area contributed by atoms with Crippen molar-refractivity contribution < 1.29 is 9.47 Å². The van der Waals surface area contributed by atoms with E-state index in [-0.39, 0.29) is 0 Å². The Kier molecular flexibility index (Phi) is 26.4. The molecule has 0 fully saturated rings. The van der Waals surface area contributed by atoms with E-state index in [9.17, 15) is 0 Å². The Bertz CT molecular complexity index is 238. The highest BCUT2D eigenvalue weighted by atomic mass is 16.5. The SMILES string of the molecule is CC.CC.CC.CNCCOc1ccc(OC)cn1. The molecule has 0 saturated heterocycles. The van der Waals surface area contributed by atoms with E-state index in [0.29, 0.717) is 12.5 Å². The van der Waals surface area contributed by atoms with E-state index in [4.69, 9.17) is 9.47 Å². The van der Waals surface area contributed by atoms with Gasteiger partial charge in [-0.2, -0.15) is 0 Å². The van der Waals surface area contributed by atoms with Crippen molar-refractivity contribution in [1.29, 1.82) is 0 Å². The number of pyridine rings is 1. The molecule has 0 aromatic carbocycles. The Labute approximate surface area is 119 Å². The summed E-state index contributed by atoms with van der Waals surface area (Å²) in [6, 6.07) is 3.61. The predicted octanol–water partition coefficient (Wildman–Crippen LogP) is 3.77. The maximum Gasteiger partial charge on any atom is 0.213 e. The largest absolute Gasteiger partial charge is 0.495 e. The summed E-state index contributed by atoms with van der Waals surface area (Å²) in [4.78, 5) is 4.05. The van der Waals surface area contributed by atoms with Crippen LogP contribution in [-0.4, -0.2) is 32.3 Å². The van der Waals surface area contributed by atoms with Crippen LogP contribution in [0.4, 0.5) is 0 Å². The second-order valence-electron chi connectivity index (χ2n) is 2.49. The van der Waals surface area contributed by atoms with Gasteiger partial charge in [-0.05, 0) is 13.1 Å². The molecular weight excluding hydrogens is 240 g/mol. The third kappa shape index (κ3) is 14.7. The number of rotatable bonds is 5. The van der Waals surface area contributed by atoms with Gasteiger partial charge < -0.3 is 14.8 Å². The number of likely N-dealkylation sites (N-methyl/N-ethyl adjacent to an activating group) is 1. The fourth-order valence-electron chi connectivity index (χ4n) is 0.831. The first kappa shape index (κ1) is 22.9. The van der Waals surface area contributed by atoms with E-state index >= 15 is 0 Å². The van der Waals surface area contributed by atoms with Gasteiger partial charge >= 0.3 is 0 Å². The molecule has 0 unspecified atom stereocenters. The molecule has 0 spiro atoms. The topological polar surface area (TPSA) is 43.4 Å². The lowest BCUT2D eigenvalue weighted by Gasteiger charge is -2.04. The standard InChI is InChI=1S/C9H14N2O2.3C2H6/c1-10-5-6-13-9-4-3-8(12-2)7-11-9;3*1-2/h3-4,7,10H,5-6H2,1-2H3;3*1-2H3. The normalized spacial score (nSPS) is 7.58. The maximum atomic E-state index is 5.32. The highest BCUT2D eigenvalue weighted by molar-refractivity contribution is 5.22. The average molecular weight is 272 g/mol. The monoisotopic (exact) mass is 272 g/mol. The van der Waals surface area contributed by atoms with E-state index in [1.165, 1.54) is 0 Å². The quantitative estimate of drug-likeness (QED) is 0.829. The van der Waals surface area contributed by atoms with Crippen LogP contribution < -0.4 is 14.8 Å². The zero-order chi connectivity index (χ0) is 15.5. The van der Waals surface area contributed by atoms with Crippen LogP contribution in [0.5, 0.6) is 11.6 Å². The van der Waals surface area contributed by atoms with Crippen molar-refractivity contribution in [3.05, 3.63) is 18.3 Å². The highest BCUT2D eigenvalue weighted by Crippen LogP contribution is 2.12. The van der Waals surface area contributed by atoms with Crippen molar-refractivity contribution in [1.82, 2.24) is 10.3 Å². The Morgan fingerprint density at radius 3 is 2.00 bits per heavy atom. The number of nitrogens with one attached hydrogen (secondary N) is 1. The first-order valence-corrected chi connectivity index (χ1v) is 7.14. The molecule has 0 radical (unpaired) electrons. The van der Waals surface area contributed by atoms with Crippen molar-refractivity contribution in [2.75, 3.05) is 27.3 Å². The van der Waals surface area contributed by atoms with Crippen molar-refractivity contribution in [2.24, 2.45) is 0 Å². The molecule has 0 aliphatic rings. The van der Waals surface area contributed by atoms with Gasteiger partial charge in [-0.25, -0.2) is 4.98 Å². The van der Waals surface area contributed by atoms with Gasteiger partial charge in [0.25, 0.3) is 0 Å². The van der Waals surface area contributed by atoms with E-state index in [0.717, 1.165) is 12.3 Å². The summed E-state index contributed by atoms with van der Waals surface area (Å²) in [7, 11) is 3.49. The molecule has 0 saturated carbocycles. The molecule has 1 aromatic rings. The van der Waals surface area contributed by atoms with Crippen molar-refractivity contribution in [3.8, 4) is 11.6 Å². The van der Waals surface area contributed by atoms with Gasteiger partial charge in [-0.15, -0.1) is 0 Å². The molecule has 4 nitrogen and oxygen atoms in total. The van der Waals surface area contributed by atoms with Crippen molar-refractivity contribution in [3.63, 3.8) is 0 Å². The summed E-state index contributed by atoms with van der Waals surface area (Å²) in [6.07, 6.45) is 1.63. The van der Waals surface area contributed by atoms with Gasteiger partial charge in [0.15, 0.2) is 0 Å². The van der Waals surface area contributed by atoms with Gasteiger partial charge in [0.1, 0.15) is 12.4 Å². The van der Waals surface area contributed by atoms with Gasteiger partial charge in [0.2, 0.25) is 5.88 Å². The predicted molar refractivity (Wildman–Crippen MR) is 84.3 cm³/mol. The molecule has 1 aromatic heterocycles. The maximum absolute atomic E-state index is 5.32. The second kappa shape index (κ2) is 21.9. The molecule has 1 heterocycles. The Morgan fingerprint density at radius 1 is 1.05 bits per heavy atom. The summed E-state index contributed by atoms with van der Waals surface area (Å²) in [5, 5.41) is 2.98. The molecule has 1 rings (SSSR count). The lowest BCUT2D eigenvalue weighted by molar-refractivity contribution is 0.305. The molecule has 114 valence electrons. The van der Waals surface area contributed by atoms with Crippen LogP contribution >= 0.6 is 0 Å². The number of ether oxygens (including phenoxy) is 2. The minimum Gasteiger partial charge on any atom is -0.495 e. The van der Waals surface area contributed by atoms with E-state index in [1.807, 2.05) is 54.7 Å². The first-order chi connectivity index (χ1) is 9.36. The molecule has 4 heteroatoms. The van der Waals surface area contributed by atoms with E-state index < -0.39 is 0 Å². The molecule has 0 aliphatic heterocycles. The molecular formula is C15H32N2O2. The van der Waals surface area contributed by atoms with Crippen LogP contribution in [0.1, 0.15) is 41.5 Å². The van der Waals surface area contributed by atoms with Crippen LogP contribution in [0.15, 0.2) is 18.3 Å². The smallest absolute Gasteiger partial charge is 0.213 e. The number of hydrogen-bond donors (Lipinski definition) is 1. The molecule has 0 atom stereocenters. The van der Waals surface area contributed by atoms with Crippen LogP contribution in [0.3, 0.4) is 0 Å². The molecule has 1 N–H and O–H groups in total. The summed E-state index contributed by atoms with van der Waals surface area (Å²) in [6.45, 7) is 13.4. The molecule has 0 amide bonds. The van der Waals surface area contributed by atoms with Crippen LogP contribution in [0.25, 0.3) is 0 Å². The lowest BCUT2D eigenvalue weighted by atomic mass is 10.4. The minimum absolute atomic E-state index is 0.621. The number of methoxy groups -OCH3 is 1. The molecule has 19 heavy (non-hydrogen) atoms. The molecule has 0 bridgehead atoms. The lowest BCUT2D eigenvalue weighted by Crippen LogP contribution is -2.16. The van der Waals surface area contributed by atoms with Gasteiger partial charge in [-0.3, -0.25) is 0 Å². The zero-order valence-corrected chi connectivity index (χ0v) is 13.9. The second-order valence-corrected chi connectivity index (χ2v) is 2.49. The summed E-state index contributed by atoms with van der Waals surface area (Å²) < 4.78 is 10.3. The van der Waals surface area contributed by atoms with Gasteiger partial charge in [0, 0.05) is 12.6 Å². The van der Waals surface area contributed by atoms with Crippen LogP contribution in [0.2, 0.25) is 0 Å². The summed E-state index contributed by atoms with van der Waals surface area (Å²) >= 11 is 0. The van der Waals surface area contributed by atoms with Crippen molar-refractivity contribution >= 4 is 0 Å². The van der Waals surface area contributed by atoms with Gasteiger partial charge in [0.05, 0.1) is 13.3 Å². The highest BCUT2D eigenvalue weighted by Gasteiger charge is 1.95. The summed E-state index contributed by atoms with van der Waals surface area (Å²) in [5.41, 5.74) is 0. The van der Waals surface area contributed by atoms with E-state index in [2.05, 4.69) is 10.3 Å². The third-order valence-electron chi connectivity index (χ3n) is 1.55.